The van der Waals surface area contributed by atoms with Crippen molar-refractivity contribution in [2.24, 2.45) is 0 Å². The third kappa shape index (κ3) is 6.13. The van der Waals surface area contributed by atoms with Crippen LogP contribution in [0.25, 0.3) is 22.1 Å². The molecular weight excluding hydrogens is 711 g/mol. The fraction of sp³-hybridized carbons (Fsp3) is 0.400. The van der Waals surface area contributed by atoms with Crippen molar-refractivity contribution in [3.05, 3.63) is 101 Å². The molecule has 0 amide bonds. The lowest BCUT2D eigenvalue weighted by Gasteiger charge is -2.37. The lowest BCUT2D eigenvalue weighted by atomic mass is 10.0. The first-order chi connectivity index (χ1) is 26.9. The number of hydrogen-bond acceptors (Lipinski definition) is 9. The van der Waals surface area contributed by atoms with Crippen molar-refractivity contribution < 1.29 is 17.6 Å². The van der Waals surface area contributed by atoms with Crippen LogP contribution in [0.15, 0.2) is 54.9 Å². The van der Waals surface area contributed by atoms with Crippen molar-refractivity contribution in [2.75, 3.05) is 54.0 Å². The zero-order valence-electron chi connectivity index (χ0n) is 30.1. The second-order valence-corrected chi connectivity index (χ2v) is 15.1. The van der Waals surface area contributed by atoms with Gasteiger partial charge in [-0.2, -0.15) is 0 Å². The Hall–Kier alpha value is -5.28. The zero-order chi connectivity index (χ0) is 37.2. The highest BCUT2D eigenvalue weighted by Crippen LogP contribution is 2.50. The summed E-state index contributed by atoms with van der Waals surface area (Å²) in [6.45, 7) is 3.49. The maximum Gasteiger partial charge on any atom is 0.225 e. The number of benzene rings is 3. The minimum Gasteiger partial charge on any atom is -0.363 e. The molecule has 0 spiro atoms. The third-order valence-corrected chi connectivity index (χ3v) is 11.9. The second-order valence-electron chi connectivity index (χ2n) is 15.1. The van der Waals surface area contributed by atoms with E-state index in [1.165, 1.54) is 24.3 Å². The smallest absolute Gasteiger partial charge is 0.225 e. The van der Waals surface area contributed by atoms with Crippen molar-refractivity contribution in [1.29, 1.82) is 0 Å². The SMILES string of the molecule is Fc1cc2nc([C@@H]3CCCN3)[nH]c2cc1C1CC[C@H](c2cc3[nH]c([C@@H]4CCCN4)nc3cc2F)N1c1cc(F)c(N2CCN(c3ncccn3)CC2)c(F)c1. The summed E-state index contributed by atoms with van der Waals surface area (Å²) in [6.07, 6.45) is 8.11. The van der Waals surface area contributed by atoms with Gasteiger partial charge >= 0.3 is 0 Å². The standard InChI is InChI=1S/C40H41F4N11/c41-25-20-33-31(49-38(51-33)29-4-1-8-45-29)18-23(25)35-6-7-36(24-19-32-34(21-26(24)42)52-39(50-32)30-5-2-9-46-30)55(35)22-16-27(43)37(28(44)17-22)53-12-14-54(15-13-53)40-47-10-3-11-48-40/h3,10-11,16-21,29-30,35-36,45-46H,1-2,4-9,12-15H2,(H,49,51)(H,50,52)/t29-,30-,35+,36?/m0/s1. The maximum absolute atomic E-state index is 16.4. The number of hydrogen-bond donors (Lipinski definition) is 4. The number of imidazole rings is 2. The largest absolute Gasteiger partial charge is 0.363 e. The van der Waals surface area contributed by atoms with Crippen molar-refractivity contribution in [2.45, 2.75) is 62.7 Å². The van der Waals surface area contributed by atoms with Gasteiger partial charge in [0.15, 0.2) is 11.6 Å². The fourth-order valence-corrected chi connectivity index (χ4v) is 9.18. The minimum atomic E-state index is -0.736. The number of nitrogens with one attached hydrogen (secondary N) is 4. The van der Waals surface area contributed by atoms with Crippen LogP contribution in [0.4, 0.5) is 34.9 Å². The molecule has 4 N–H and O–H groups in total. The van der Waals surface area contributed by atoms with Crippen molar-refractivity contribution in [1.82, 2.24) is 40.5 Å². The van der Waals surface area contributed by atoms with Crippen LogP contribution < -0.4 is 25.3 Å². The molecule has 0 aliphatic carbocycles. The first-order valence-electron chi connectivity index (χ1n) is 19.3. The molecule has 1 unspecified atom stereocenters. The summed E-state index contributed by atoms with van der Waals surface area (Å²) in [5, 5.41) is 6.86. The molecular formula is C40H41F4N11. The molecule has 4 aliphatic heterocycles. The van der Waals surface area contributed by atoms with Crippen LogP contribution in [-0.2, 0) is 0 Å². The molecule has 3 aromatic heterocycles. The van der Waals surface area contributed by atoms with Gasteiger partial charge in [0.05, 0.1) is 46.2 Å². The molecule has 0 bridgehead atoms. The second kappa shape index (κ2) is 13.8. The van der Waals surface area contributed by atoms with Gasteiger partial charge in [0.25, 0.3) is 0 Å². The lowest BCUT2D eigenvalue weighted by Crippen LogP contribution is -2.47. The number of aromatic nitrogens is 6. The topological polar surface area (TPSA) is 117 Å². The van der Waals surface area contributed by atoms with Gasteiger partial charge in [-0.25, -0.2) is 37.5 Å². The molecule has 10 rings (SSSR count). The van der Waals surface area contributed by atoms with Gasteiger partial charge in [0, 0.05) is 67.5 Å². The van der Waals surface area contributed by atoms with Crippen LogP contribution in [0, 0.1) is 23.3 Å². The van der Waals surface area contributed by atoms with Crippen LogP contribution in [0.3, 0.4) is 0 Å². The van der Waals surface area contributed by atoms with E-state index in [1.807, 2.05) is 4.90 Å². The van der Waals surface area contributed by atoms with Crippen LogP contribution in [0.2, 0.25) is 0 Å². The Bertz CT molecular complexity index is 2230. The van der Waals surface area contributed by atoms with E-state index in [-0.39, 0.29) is 23.5 Å². The predicted octanol–water partition coefficient (Wildman–Crippen LogP) is 7.04. The van der Waals surface area contributed by atoms with Gasteiger partial charge in [-0.05, 0) is 81.9 Å². The van der Waals surface area contributed by atoms with Crippen LogP contribution >= 0.6 is 0 Å². The summed E-state index contributed by atoms with van der Waals surface area (Å²) in [7, 11) is 0. The van der Waals surface area contributed by atoms with E-state index >= 15 is 17.6 Å². The molecule has 6 aromatic rings. The molecule has 11 nitrogen and oxygen atoms in total. The molecule has 15 heteroatoms. The first-order valence-corrected chi connectivity index (χ1v) is 19.3. The number of aromatic amines is 2. The summed E-state index contributed by atoms with van der Waals surface area (Å²) in [5.74, 6) is -0.342. The van der Waals surface area contributed by atoms with Crippen molar-refractivity contribution in [3.63, 3.8) is 0 Å². The van der Waals surface area contributed by atoms with Gasteiger partial charge < -0.3 is 35.3 Å². The molecule has 55 heavy (non-hydrogen) atoms. The number of H-pyrrole nitrogens is 2. The number of halogens is 4. The Morgan fingerprint density at radius 3 is 1.58 bits per heavy atom. The van der Waals surface area contributed by atoms with Crippen LogP contribution in [0.5, 0.6) is 0 Å². The van der Waals surface area contributed by atoms with E-state index in [9.17, 15) is 0 Å². The summed E-state index contributed by atoms with van der Waals surface area (Å²) in [6, 6.07) is 9.53. The quantitative estimate of drug-likeness (QED) is 0.128. The molecule has 284 valence electrons. The summed E-state index contributed by atoms with van der Waals surface area (Å²) in [5.41, 5.74) is 3.16. The van der Waals surface area contributed by atoms with Gasteiger partial charge in [-0.15, -0.1) is 0 Å². The Kier molecular flexibility index (Phi) is 8.58. The molecule has 3 aromatic carbocycles. The molecule has 0 saturated carbocycles. The number of anilines is 3. The lowest BCUT2D eigenvalue weighted by molar-refractivity contribution is 0.545. The Labute approximate surface area is 314 Å². The number of piperazine rings is 1. The Morgan fingerprint density at radius 2 is 1.09 bits per heavy atom. The number of rotatable bonds is 7. The van der Waals surface area contributed by atoms with Crippen LogP contribution in [-0.4, -0.2) is 69.2 Å². The Balaban J connectivity index is 1.03. The molecule has 4 aliphatic rings. The summed E-state index contributed by atoms with van der Waals surface area (Å²) in [4.78, 5) is 30.2. The molecule has 0 radical (unpaired) electrons. The fourth-order valence-electron chi connectivity index (χ4n) is 9.18. The summed E-state index contributed by atoms with van der Waals surface area (Å²) < 4.78 is 65.3. The summed E-state index contributed by atoms with van der Waals surface area (Å²) >= 11 is 0. The molecule has 4 atom stereocenters. The average Bonchev–Trinajstić information content (AvgIpc) is 4.04. The van der Waals surface area contributed by atoms with Gasteiger partial charge in [0.1, 0.15) is 29.0 Å². The number of nitrogens with zero attached hydrogens (tertiary/aromatic N) is 7. The van der Waals surface area contributed by atoms with E-state index in [0.29, 0.717) is 78.2 Å². The van der Waals surface area contributed by atoms with E-state index in [2.05, 4.69) is 40.5 Å². The molecule has 4 saturated heterocycles. The molecule has 4 fully saturated rings. The third-order valence-electron chi connectivity index (χ3n) is 11.9. The van der Waals surface area contributed by atoms with Crippen molar-refractivity contribution in [3.8, 4) is 0 Å². The normalized spacial score (nSPS) is 23.2. The number of fused-ring (bicyclic) bond motifs is 2. The minimum absolute atomic E-state index is 0.0655. The highest BCUT2D eigenvalue weighted by Gasteiger charge is 2.40. The van der Waals surface area contributed by atoms with Crippen LogP contribution in [0.1, 0.15) is 85.5 Å². The van der Waals surface area contributed by atoms with E-state index < -0.39 is 35.4 Å². The average molecular weight is 752 g/mol. The maximum atomic E-state index is 16.4. The van der Waals surface area contributed by atoms with E-state index in [4.69, 9.17) is 0 Å². The highest BCUT2D eigenvalue weighted by molar-refractivity contribution is 5.78. The predicted molar refractivity (Wildman–Crippen MR) is 202 cm³/mol. The first kappa shape index (κ1) is 34.2. The monoisotopic (exact) mass is 751 g/mol. The van der Waals surface area contributed by atoms with Gasteiger partial charge in [-0.1, -0.05) is 0 Å². The Morgan fingerprint density at radius 1 is 0.582 bits per heavy atom. The van der Waals surface area contributed by atoms with E-state index in [1.54, 1.807) is 40.4 Å². The highest BCUT2D eigenvalue weighted by atomic mass is 19.1. The van der Waals surface area contributed by atoms with E-state index in [0.717, 1.165) is 50.4 Å². The van der Waals surface area contributed by atoms with Gasteiger partial charge in [0.2, 0.25) is 5.95 Å². The molecule has 7 heterocycles. The van der Waals surface area contributed by atoms with Crippen molar-refractivity contribution >= 4 is 39.4 Å². The zero-order valence-corrected chi connectivity index (χ0v) is 30.1. The van der Waals surface area contributed by atoms with Gasteiger partial charge in [-0.3, -0.25) is 0 Å².